The fourth-order valence-corrected chi connectivity index (χ4v) is 2.50. The molecule has 1 aromatic heterocycles. The van der Waals surface area contributed by atoms with Crippen molar-refractivity contribution < 1.29 is 4.74 Å². The maximum absolute atomic E-state index is 5.42. The predicted octanol–water partition coefficient (Wildman–Crippen LogP) is 0.531. The normalized spacial score (nSPS) is 21.8. The van der Waals surface area contributed by atoms with Crippen LogP contribution >= 0.6 is 0 Å². The van der Waals surface area contributed by atoms with Crippen LogP contribution in [0, 0.1) is 6.92 Å². The summed E-state index contributed by atoms with van der Waals surface area (Å²) in [5.74, 6) is 0.883. The Balaban J connectivity index is 2.12. The van der Waals surface area contributed by atoms with Crippen LogP contribution in [0.4, 0.5) is 0 Å². The molecule has 0 amide bonds. The van der Waals surface area contributed by atoms with Crippen molar-refractivity contribution in [3.63, 3.8) is 0 Å². The van der Waals surface area contributed by atoms with Crippen molar-refractivity contribution in [2.75, 3.05) is 26.7 Å². The van der Waals surface area contributed by atoms with Gasteiger partial charge in [-0.1, -0.05) is 0 Å². The summed E-state index contributed by atoms with van der Waals surface area (Å²) in [5, 5.41) is 7.87. The molecule has 0 aliphatic carbocycles. The molecule has 1 aliphatic heterocycles. The summed E-state index contributed by atoms with van der Waals surface area (Å²) in [5.41, 5.74) is 2.28. The third-order valence-electron chi connectivity index (χ3n) is 3.32. The molecule has 1 aliphatic rings. The van der Waals surface area contributed by atoms with Crippen LogP contribution in [0.1, 0.15) is 18.2 Å². The first kappa shape index (κ1) is 12.4. The van der Waals surface area contributed by atoms with Crippen LogP contribution in [0.5, 0.6) is 5.88 Å². The first-order chi connectivity index (χ1) is 8.11. The van der Waals surface area contributed by atoms with Gasteiger partial charge in [-0.2, -0.15) is 5.10 Å². The van der Waals surface area contributed by atoms with E-state index in [-0.39, 0.29) is 0 Å². The molecule has 17 heavy (non-hydrogen) atoms. The molecule has 0 saturated carbocycles. The van der Waals surface area contributed by atoms with E-state index >= 15 is 0 Å². The number of piperazine rings is 1. The minimum Gasteiger partial charge on any atom is -0.481 e. The van der Waals surface area contributed by atoms with Gasteiger partial charge in [0.15, 0.2) is 0 Å². The number of nitrogens with zero attached hydrogens (tertiary/aromatic N) is 3. The zero-order chi connectivity index (χ0) is 12.4. The molecule has 96 valence electrons. The summed E-state index contributed by atoms with van der Waals surface area (Å²) in [6.07, 6.45) is 0. The average Bonchev–Trinajstić information content (AvgIpc) is 2.53. The van der Waals surface area contributed by atoms with Crippen LogP contribution in [-0.4, -0.2) is 47.5 Å². The maximum atomic E-state index is 5.42. The number of rotatable bonds is 3. The highest BCUT2D eigenvalue weighted by Gasteiger charge is 2.20. The van der Waals surface area contributed by atoms with E-state index in [1.807, 2.05) is 18.7 Å². The number of aryl methyl sites for hydroxylation is 2. The Bertz CT molecular complexity index is 388. The van der Waals surface area contributed by atoms with E-state index in [0.29, 0.717) is 6.04 Å². The molecular formula is C12H22N4O. The molecular weight excluding hydrogens is 216 g/mol. The number of nitrogens with one attached hydrogen (secondary N) is 1. The first-order valence-corrected chi connectivity index (χ1v) is 6.14. The van der Waals surface area contributed by atoms with Gasteiger partial charge < -0.3 is 10.1 Å². The SMILES string of the molecule is COc1c(CN2CCNC(C)C2)c(C)nn1C. The lowest BCUT2D eigenvalue weighted by atomic mass is 10.2. The molecule has 1 unspecified atom stereocenters. The molecule has 0 bridgehead atoms. The highest BCUT2D eigenvalue weighted by molar-refractivity contribution is 5.30. The molecule has 1 aromatic rings. The van der Waals surface area contributed by atoms with Crippen molar-refractivity contribution in [1.82, 2.24) is 20.0 Å². The van der Waals surface area contributed by atoms with Gasteiger partial charge in [0, 0.05) is 39.3 Å². The topological polar surface area (TPSA) is 42.3 Å². The van der Waals surface area contributed by atoms with Crippen LogP contribution in [0.15, 0.2) is 0 Å². The first-order valence-electron chi connectivity index (χ1n) is 6.14. The van der Waals surface area contributed by atoms with E-state index in [0.717, 1.165) is 37.8 Å². The van der Waals surface area contributed by atoms with Crippen LogP contribution in [-0.2, 0) is 13.6 Å². The van der Waals surface area contributed by atoms with Gasteiger partial charge in [0.2, 0.25) is 5.88 Å². The lowest BCUT2D eigenvalue weighted by molar-refractivity contribution is 0.197. The summed E-state index contributed by atoms with van der Waals surface area (Å²) >= 11 is 0. The summed E-state index contributed by atoms with van der Waals surface area (Å²) in [6, 6.07) is 0.562. The van der Waals surface area contributed by atoms with Crippen LogP contribution < -0.4 is 10.1 Å². The third kappa shape index (κ3) is 2.61. The van der Waals surface area contributed by atoms with E-state index in [1.54, 1.807) is 7.11 Å². The lowest BCUT2D eigenvalue weighted by Crippen LogP contribution is -2.48. The van der Waals surface area contributed by atoms with Gasteiger partial charge in [-0.15, -0.1) is 0 Å². The fraction of sp³-hybridized carbons (Fsp3) is 0.750. The van der Waals surface area contributed by atoms with Crippen molar-refractivity contribution in [3.8, 4) is 5.88 Å². The Labute approximate surface area is 103 Å². The zero-order valence-electron chi connectivity index (χ0n) is 11.2. The average molecular weight is 238 g/mol. The molecule has 0 spiro atoms. The second-order valence-corrected chi connectivity index (χ2v) is 4.79. The largest absolute Gasteiger partial charge is 0.481 e. The van der Waals surface area contributed by atoms with Gasteiger partial charge in [-0.05, 0) is 13.8 Å². The summed E-state index contributed by atoms with van der Waals surface area (Å²) in [6.45, 7) is 8.42. The Morgan fingerprint density at radius 1 is 1.53 bits per heavy atom. The molecule has 2 rings (SSSR count). The fourth-order valence-electron chi connectivity index (χ4n) is 2.50. The number of methoxy groups -OCH3 is 1. The second kappa shape index (κ2) is 5.06. The number of hydrogen-bond acceptors (Lipinski definition) is 4. The molecule has 0 aromatic carbocycles. The van der Waals surface area contributed by atoms with E-state index in [2.05, 4.69) is 22.2 Å². The molecule has 2 heterocycles. The highest BCUT2D eigenvalue weighted by atomic mass is 16.5. The van der Waals surface area contributed by atoms with Crippen molar-refractivity contribution in [1.29, 1.82) is 0 Å². The molecule has 5 heteroatoms. The van der Waals surface area contributed by atoms with Crippen molar-refractivity contribution in [2.24, 2.45) is 7.05 Å². The molecule has 1 atom stereocenters. The van der Waals surface area contributed by atoms with E-state index in [4.69, 9.17) is 4.74 Å². The monoisotopic (exact) mass is 238 g/mol. The summed E-state index contributed by atoms with van der Waals surface area (Å²) in [7, 11) is 3.63. The van der Waals surface area contributed by atoms with E-state index < -0.39 is 0 Å². The third-order valence-corrected chi connectivity index (χ3v) is 3.32. The zero-order valence-corrected chi connectivity index (χ0v) is 11.2. The summed E-state index contributed by atoms with van der Waals surface area (Å²) < 4.78 is 7.24. The Kier molecular flexibility index (Phi) is 3.69. The number of hydrogen-bond donors (Lipinski definition) is 1. The minimum atomic E-state index is 0.562. The maximum Gasteiger partial charge on any atom is 0.216 e. The van der Waals surface area contributed by atoms with Gasteiger partial charge in [0.1, 0.15) is 0 Å². The van der Waals surface area contributed by atoms with Crippen molar-refractivity contribution in [2.45, 2.75) is 26.4 Å². The Morgan fingerprint density at radius 3 is 2.94 bits per heavy atom. The smallest absolute Gasteiger partial charge is 0.216 e. The Hall–Kier alpha value is -1.07. The van der Waals surface area contributed by atoms with Gasteiger partial charge in [-0.3, -0.25) is 4.90 Å². The quantitative estimate of drug-likeness (QED) is 0.834. The lowest BCUT2D eigenvalue weighted by Gasteiger charge is -2.31. The second-order valence-electron chi connectivity index (χ2n) is 4.79. The Morgan fingerprint density at radius 2 is 2.29 bits per heavy atom. The van der Waals surface area contributed by atoms with Crippen LogP contribution in [0.2, 0.25) is 0 Å². The molecule has 1 saturated heterocycles. The van der Waals surface area contributed by atoms with Gasteiger partial charge in [-0.25, -0.2) is 4.68 Å². The van der Waals surface area contributed by atoms with E-state index in [1.165, 1.54) is 5.56 Å². The van der Waals surface area contributed by atoms with Gasteiger partial charge >= 0.3 is 0 Å². The molecule has 1 N–H and O–H groups in total. The molecule has 0 radical (unpaired) electrons. The van der Waals surface area contributed by atoms with Crippen LogP contribution in [0.3, 0.4) is 0 Å². The molecule has 5 nitrogen and oxygen atoms in total. The van der Waals surface area contributed by atoms with Crippen molar-refractivity contribution >= 4 is 0 Å². The van der Waals surface area contributed by atoms with E-state index in [9.17, 15) is 0 Å². The number of aromatic nitrogens is 2. The summed E-state index contributed by atoms with van der Waals surface area (Å²) in [4.78, 5) is 2.45. The minimum absolute atomic E-state index is 0.562. The molecule has 1 fully saturated rings. The van der Waals surface area contributed by atoms with Crippen LogP contribution in [0.25, 0.3) is 0 Å². The number of ether oxygens (including phenoxy) is 1. The van der Waals surface area contributed by atoms with Gasteiger partial charge in [0.25, 0.3) is 0 Å². The van der Waals surface area contributed by atoms with Crippen molar-refractivity contribution in [3.05, 3.63) is 11.3 Å². The highest BCUT2D eigenvalue weighted by Crippen LogP contribution is 2.23. The predicted molar refractivity (Wildman–Crippen MR) is 67.2 cm³/mol. The standard InChI is InChI=1S/C12H22N4O/c1-9-7-16(6-5-13-9)8-11-10(2)14-15(3)12(11)17-4/h9,13H,5-8H2,1-4H3. The van der Waals surface area contributed by atoms with Gasteiger partial charge in [0.05, 0.1) is 18.4 Å².